The van der Waals surface area contributed by atoms with Gasteiger partial charge >= 0.3 is 0 Å². The van der Waals surface area contributed by atoms with Gasteiger partial charge in [0.15, 0.2) is 5.84 Å². The molecule has 1 aliphatic carbocycles. The highest BCUT2D eigenvalue weighted by molar-refractivity contribution is 6.45. The van der Waals surface area contributed by atoms with Gasteiger partial charge in [-0.05, 0) is 37.0 Å². The lowest BCUT2D eigenvalue weighted by molar-refractivity contribution is 0.300. The Kier molecular flexibility index (Phi) is 4.43. The number of amidine groups is 1. The van der Waals surface area contributed by atoms with E-state index in [2.05, 4.69) is 10.5 Å². The van der Waals surface area contributed by atoms with Crippen molar-refractivity contribution in [2.24, 2.45) is 16.8 Å². The predicted octanol–water partition coefficient (Wildman–Crippen LogP) is 2.36. The van der Waals surface area contributed by atoms with Gasteiger partial charge < -0.3 is 10.5 Å². The fourth-order valence-corrected chi connectivity index (χ4v) is 1.68. The third kappa shape index (κ3) is 3.87. The minimum absolute atomic E-state index is 0.185. The normalized spacial score (nSPS) is 14.5. The van der Waals surface area contributed by atoms with Crippen LogP contribution in [-0.2, 0) is 0 Å². The molecule has 0 aromatic heterocycles. The minimum Gasteiger partial charge on any atom is -0.492 e. The first-order valence-corrected chi connectivity index (χ1v) is 6.48. The second-order valence-electron chi connectivity index (χ2n) is 4.50. The molecule has 0 atom stereocenters. The lowest BCUT2D eigenvalue weighted by Crippen LogP contribution is -2.21. The highest BCUT2D eigenvalue weighted by Crippen LogP contribution is 2.32. The first-order valence-electron chi connectivity index (χ1n) is 6.10. The number of hydrogen-bond donors (Lipinski definition) is 3. The van der Waals surface area contributed by atoms with Gasteiger partial charge in [0, 0.05) is 0 Å². The van der Waals surface area contributed by atoms with E-state index in [0.29, 0.717) is 29.0 Å². The Bertz CT molecular complexity index is 589. The largest absolute Gasteiger partial charge is 0.492 e. The average molecular weight is 292 g/mol. The second kappa shape index (κ2) is 6.26. The van der Waals surface area contributed by atoms with Gasteiger partial charge in [-0.1, -0.05) is 11.6 Å². The molecule has 0 unspecified atom stereocenters. The zero-order chi connectivity index (χ0) is 14.5. The summed E-state index contributed by atoms with van der Waals surface area (Å²) in [7, 11) is 0. The van der Waals surface area contributed by atoms with Crippen molar-refractivity contribution in [1.29, 1.82) is 10.7 Å². The predicted molar refractivity (Wildman–Crippen MR) is 78.3 cm³/mol. The van der Waals surface area contributed by atoms with Crippen molar-refractivity contribution in [3.05, 3.63) is 23.2 Å². The minimum atomic E-state index is -0.393. The Morgan fingerprint density at radius 2 is 2.35 bits per heavy atom. The van der Waals surface area contributed by atoms with Crippen molar-refractivity contribution in [3.8, 4) is 11.8 Å². The van der Waals surface area contributed by atoms with Crippen LogP contribution in [0.3, 0.4) is 0 Å². The summed E-state index contributed by atoms with van der Waals surface area (Å²) < 4.78 is 5.60. The van der Waals surface area contributed by atoms with Crippen LogP contribution in [0, 0.1) is 22.7 Å². The number of nitrogens with one attached hydrogen (secondary N) is 2. The van der Waals surface area contributed by atoms with Crippen molar-refractivity contribution in [2.45, 2.75) is 12.8 Å². The molecule has 1 aromatic carbocycles. The van der Waals surface area contributed by atoms with Crippen LogP contribution in [0.25, 0.3) is 0 Å². The van der Waals surface area contributed by atoms with Crippen LogP contribution in [0.5, 0.6) is 5.75 Å². The van der Waals surface area contributed by atoms with Gasteiger partial charge in [-0.15, -0.1) is 0 Å². The molecular formula is C13H14ClN5O. The zero-order valence-corrected chi connectivity index (χ0v) is 11.4. The number of hydrogen-bond acceptors (Lipinski definition) is 5. The van der Waals surface area contributed by atoms with Crippen molar-refractivity contribution >= 4 is 28.8 Å². The molecule has 7 heteroatoms. The number of halogens is 1. The van der Waals surface area contributed by atoms with E-state index in [0.717, 1.165) is 0 Å². The van der Waals surface area contributed by atoms with Crippen molar-refractivity contribution in [1.82, 2.24) is 0 Å². The Balaban J connectivity index is 2.01. The number of ether oxygens (including phenoxy) is 1. The molecule has 0 amide bonds. The maximum Gasteiger partial charge on any atom is 0.201 e. The van der Waals surface area contributed by atoms with Gasteiger partial charge in [-0.2, -0.15) is 10.4 Å². The van der Waals surface area contributed by atoms with E-state index in [1.807, 2.05) is 0 Å². The van der Waals surface area contributed by atoms with Gasteiger partial charge in [-0.25, -0.2) is 0 Å². The summed E-state index contributed by atoms with van der Waals surface area (Å²) in [4.78, 5) is 0. The topological polar surface area (TPSA) is 107 Å². The molecule has 1 fully saturated rings. The molecule has 0 bridgehead atoms. The lowest BCUT2D eigenvalue weighted by atomic mass is 10.3. The van der Waals surface area contributed by atoms with Gasteiger partial charge in [-0.3, -0.25) is 10.8 Å². The monoisotopic (exact) mass is 291 g/mol. The maximum atomic E-state index is 8.71. The van der Waals surface area contributed by atoms with Crippen LogP contribution >= 0.6 is 11.6 Å². The van der Waals surface area contributed by atoms with Crippen molar-refractivity contribution in [2.75, 3.05) is 12.0 Å². The molecule has 0 aliphatic heterocycles. The SMILES string of the molecule is N#C/C(=N\Nc1ccc(OCC2CC2)c(Cl)c1)C(=N)N. The van der Waals surface area contributed by atoms with E-state index in [9.17, 15) is 0 Å². The molecule has 20 heavy (non-hydrogen) atoms. The van der Waals surface area contributed by atoms with E-state index in [4.69, 9.17) is 32.7 Å². The molecule has 6 nitrogen and oxygen atoms in total. The summed E-state index contributed by atoms with van der Waals surface area (Å²) in [5, 5.41) is 20.0. The molecule has 0 saturated heterocycles. The summed E-state index contributed by atoms with van der Waals surface area (Å²) in [6, 6.07) is 6.83. The maximum absolute atomic E-state index is 8.71. The zero-order valence-electron chi connectivity index (χ0n) is 10.7. The summed E-state index contributed by atoms with van der Waals surface area (Å²) >= 11 is 6.10. The molecule has 4 N–H and O–H groups in total. The number of hydrazone groups is 1. The van der Waals surface area contributed by atoms with E-state index < -0.39 is 5.84 Å². The van der Waals surface area contributed by atoms with Gasteiger partial charge in [0.05, 0.1) is 17.3 Å². The van der Waals surface area contributed by atoms with Gasteiger partial charge in [0.1, 0.15) is 11.8 Å². The second-order valence-corrected chi connectivity index (χ2v) is 4.90. The molecular weight excluding hydrogens is 278 g/mol. The molecule has 1 aliphatic rings. The van der Waals surface area contributed by atoms with E-state index in [-0.39, 0.29) is 5.71 Å². The fourth-order valence-electron chi connectivity index (χ4n) is 1.45. The third-order valence-corrected chi connectivity index (χ3v) is 3.06. The average Bonchev–Trinajstić information content (AvgIpc) is 3.22. The summed E-state index contributed by atoms with van der Waals surface area (Å²) in [5.41, 5.74) is 8.21. The van der Waals surface area contributed by atoms with Gasteiger partial charge in [0.25, 0.3) is 0 Å². The molecule has 0 radical (unpaired) electrons. The Morgan fingerprint density at radius 1 is 1.60 bits per heavy atom. The Hall–Kier alpha value is -2.26. The number of benzene rings is 1. The van der Waals surface area contributed by atoms with E-state index in [1.54, 1.807) is 24.3 Å². The summed E-state index contributed by atoms with van der Waals surface area (Å²) in [5.74, 6) is 0.887. The number of nitrogens with two attached hydrogens (primary N) is 1. The van der Waals surface area contributed by atoms with Crippen LogP contribution in [0.1, 0.15) is 12.8 Å². The van der Waals surface area contributed by atoms with Crippen molar-refractivity contribution in [3.63, 3.8) is 0 Å². The third-order valence-electron chi connectivity index (χ3n) is 2.76. The standard InChI is InChI=1S/C13H14ClN5O/c14-10-5-9(18-19-11(6-15)13(16)17)3-4-12(10)20-7-8-1-2-8/h3-5,8,18H,1-2,7H2,(H3,16,17)/b19-11+. The number of nitriles is 1. The van der Waals surface area contributed by atoms with Crippen LogP contribution < -0.4 is 15.9 Å². The molecule has 1 saturated carbocycles. The smallest absolute Gasteiger partial charge is 0.201 e. The number of rotatable bonds is 6. The van der Waals surface area contributed by atoms with Crippen molar-refractivity contribution < 1.29 is 4.74 Å². The Labute approximate surface area is 121 Å². The summed E-state index contributed by atoms with van der Waals surface area (Å²) in [6.07, 6.45) is 2.43. The molecule has 0 spiro atoms. The molecule has 104 valence electrons. The number of anilines is 1. The van der Waals surface area contributed by atoms with Crippen LogP contribution in [0.2, 0.25) is 5.02 Å². The van der Waals surface area contributed by atoms with Crippen LogP contribution in [0.15, 0.2) is 23.3 Å². The molecule has 1 aromatic rings. The van der Waals surface area contributed by atoms with E-state index in [1.165, 1.54) is 12.8 Å². The van der Waals surface area contributed by atoms with Gasteiger partial charge in [0.2, 0.25) is 5.71 Å². The highest BCUT2D eigenvalue weighted by atomic mass is 35.5. The van der Waals surface area contributed by atoms with Crippen LogP contribution in [-0.4, -0.2) is 18.2 Å². The quantitative estimate of drug-likeness (QED) is 0.425. The van der Waals surface area contributed by atoms with E-state index >= 15 is 0 Å². The lowest BCUT2D eigenvalue weighted by Gasteiger charge is -2.08. The first kappa shape index (κ1) is 14.2. The Morgan fingerprint density at radius 3 is 2.90 bits per heavy atom. The number of nitrogens with zero attached hydrogens (tertiary/aromatic N) is 2. The molecule has 2 rings (SSSR count). The van der Waals surface area contributed by atoms with Crippen LogP contribution in [0.4, 0.5) is 5.69 Å². The molecule has 0 heterocycles. The highest BCUT2D eigenvalue weighted by Gasteiger charge is 2.22. The first-order chi connectivity index (χ1) is 9.60. The fraction of sp³-hybridized carbons (Fsp3) is 0.308. The summed E-state index contributed by atoms with van der Waals surface area (Å²) in [6.45, 7) is 0.688.